The molecule has 1 fully saturated rings. The molecule has 1 aromatic rings. The van der Waals surface area contributed by atoms with Gasteiger partial charge in [-0.2, -0.15) is 0 Å². The van der Waals surface area contributed by atoms with Gasteiger partial charge in [-0.25, -0.2) is 4.79 Å². The highest BCUT2D eigenvalue weighted by molar-refractivity contribution is 5.73. The minimum Gasteiger partial charge on any atom is -0.497 e. The highest BCUT2D eigenvalue weighted by Crippen LogP contribution is 2.29. The molecule has 0 unspecified atom stereocenters. The summed E-state index contributed by atoms with van der Waals surface area (Å²) in [6, 6.07) is 4.85. The van der Waals surface area contributed by atoms with Crippen LogP contribution in [-0.2, 0) is 4.74 Å². The van der Waals surface area contributed by atoms with E-state index < -0.39 is 6.10 Å². The van der Waals surface area contributed by atoms with E-state index in [0.29, 0.717) is 36.1 Å². The summed E-state index contributed by atoms with van der Waals surface area (Å²) in [6.07, 6.45) is 0.0739. The SMILES string of the molecule is COc1ccc(OC)c([C@H](O)CNC(=O)NC[C@H]2CCOC2)c1. The third kappa shape index (κ3) is 5.01. The van der Waals surface area contributed by atoms with Gasteiger partial charge in [0.15, 0.2) is 0 Å². The quantitative estimate of drug-likeness (QED) is 0.698. The lowest BCUT2D eigenvalue weighted by Crippen LogP contribution is -2.40. The molecule has 0 spiro atoms. The maximum atomic E-state index is 11.8. The summed E-state index contributed by atoms with van der Waals surface area (Å²) in [7, 11) is 3.08. The third-order valence-electron chi connectivity index (χ3n) is 3.83. The molecule has 2 amide bonds. The standard InChI is InChI=1S/C16H24N2O5/c1-21-12-3-4-15(22-2)13(7-12)14(19)9-18-16(20)17-8-11-5-6-23-10-11/h3-4,7,11,14,19H,5-6,8-10H2,1-2H3,(H2,17,18,20)/t11-,14-/m1/s1. The lowest BCUT2D eigenvalue weighted by Gasteiger charge is -2.17. The normalized spacial score (nSPS) is 18.3. The topological polar surface area (TPSA) is 89.0 Å². The first-order chi connectivity index (χ1) is 11.1. The van der Waals surface area contributed by atoms with Crippen LogP contribution >= 0.6 is 0 Å². The van der Waals surface area contributed by atoms with Crippen LogP contribution in [0.4, 0.5) is 4.79 Å². The zero-order chi connectivity index (χ0) is 16.7. The van der Waals surface area contributed by atoms with E-state index in [9.17, 15) is 9.90 Å². The Morgan fingerprint density at radius 2 is 2.22 bits per heavy atom. The van der Waals surface area contributed by atoms with Crippen molar-refractivity contribution in [3.05, 3.63) is 23.8 Å². The molecule has 0 aromatic heterocycles. The Kier molecular flexibility index (Phi) is 6.49. The van der Waals surface area contributed by atoms with Crippen molar-refractivity contribution in [1.82, 2.24) is 10.6 Å². The molecule has 1 aliphatic heterocycles. The number of benzene rings is 1. The second kappa shape index (κ2) is 8.59. The van der Waals surface area contributed by atoms with E-state index in [4.69, 9.17) is 14.2 Å². The predicted molar refractivity (Wildman–Crippen MR) is 84.8 cm³/mol. The van der Waals surface area contributed by atoms with Crippen molar-refractivity contribution in [2.45, 2.75) is 12.5 Å². The van der Waals surface area contributed by atoms with Crippen molar-refractivity contribution in [2.75, 3.05) is 40.5 Å². The van der Waals surface area contributed by atoms with Crippen LogP contribution in [0.5, 0.6) is 11.5 Å². The van der Waals surface area contributed by atoms with Gasteiger partial charge in [-0.15, -0.1) is 0 Å². The van der Waals surface area contributed by atoms with Gasteiger partial charge in [-0.05, 0) is 24.6 Å². The van der Waals surface area contributed by atoms with Crippen LogP contribution in [-0.4, -0.2) is 51.7 Å². The second-order valence-corrected chi connectivity index (χ2v) is 5.44. The number of carbonyl (C=O) groups excluding carboxylic acids is 1. The number of methoxy groups -OCH3 is 2. The Labute approximate surface area is 135 Å². The number of amides is 2. The zero-order valence-electron chi connectivity index (χ0n) is 13.5. The molecule has 0 radical (unpaired) electrons. The molecule has 7 nitrogen and oxygen atoms in total. The Morgan fingerprint density at radius 1 is 1.39 bits per heavy atom. The van der Waals surface area contributed by atoms with Crippen molar-refractivity contribution in [1.29, 1.82) is 0 Å². The van der Waals surface area contributed by atoms with Crippen molar-refractivity contribution in [3.8, 4) is 11.5 Å². The predicted octanol–water partition coefficient (Wildman–Crippen LogP) is 1.07. The van der Waals surface area contributed by atoms with E-state index in [2.05, 4.69) is 10.6 Å². The Bertz CT molecular complexity index is 517. The van der Waals surface area contributed by atoms with Gasteiger partial charge in [0.05, 0.1) is 20.8 Å². The molecule has 7 heteroatoms. The lowest BCUT2D eigenvalue weighted by atomic mass is 10.1. The van der Waals surface area contributed by atoms with Gasteiger partial charge in [0, 0.05) is 31.2 Å². The molecule has 2 rings (SSSR count). The summed E-state index contributed by atoms with van der Waals surface area (Å²) in [6.45, 7) is 2.09. The van der Waals surface area contributed by atoms with Gasteiger partial charge >= 0.3 is 6.03 Å². The molecule has 23 heavy (non-hydrogen) atoms. The molecule has 1 aromatic carbocycles. The van der Waals surface area contributed by atoms with E-state index in [1.54, 1.807) is 25.3 Å². The molecule has 0 bridgehead atoms. The van der Waals surface area contributed by atoms with E-state index in [0.717, 1.165) is 13.0 Å². The zero-order valence-corrected chi connectivity index (χ0v) is 13.5. The molecule has 3 N–H and O–H groups in total. The highest BCUT2D eigenvalue weighted by atomic mass is 16.5. The Balaban J connectivity index is 1.83. The molecule has 1 saturated heterocycles. The monoisotopic (exact) mass is 324 g/mol. The van der Waals surface area contributed by atoms with Crippen molar-refractivity contribution < 1.29 is 24.1 Å². The second-order valence-electron chi connectivity index (χ2n) is 5.44. The minimum absolute atomic E-state index is 0.0799. The molecule has 128 valence electrons. The number of urea groups is 1. The van der Waals surface area contributed by atoms with Gasteiger partial charge in [0.1, 0.15) is 17.6 Å². The first-order valence-electron chi connectivity index (χ1n) is 7.63. The first kappa shape index (κ1) is 17.4. The fourth-order valence-electron chi connectivity index (χ4n) is 2.44. The van der Waals surface area contributed by atoms with E-state index >= 15 is 0 Å². The molecular formula is C16H24N2O5. The van der Waals surface area contributed by atoms with Gasteiger partial charge < -0.3 is 30.0 Å². The van der Waals surface area contributed by atoms with E-state index in [-0.39, 0.29) is 12.6 Å². The summed E-state index contributed by atoms with van der Waals surface area (Å²) in [5, 5.41) is 15.7. The van der Waals surface area contributed by atoms with Gasteiger partial charge in [0.2, 0.25) is 0 Å². The van der Waals surface area contributed by atoms with Crippen LogP contribution in [0.3, 0.4) is 0 Å². The van der Waals surface area contributed by atoms with E-state index in [1.165, 1.54) is 7.11 Å². The van der Waals surface area contributed by atoms with Crippen LogP contribution in [0.15, 0.2) is 18.2 Å². The molecular weight excluding hydrogens is 300 g/mol. The summed E-state index contributed by atoms with van der Waals surface area (Å²) in [5.41, 5.74) is 0.566. The fourth-order valence-corrected chi connectivity index (χ4v) is 2.44. The van der Waals surface area contributed by atoms with Crippen LogP contribution < -0.4 is 20.1 Å². The largest absolute Gasteiger partial charge is 0.497 e. The summed E-state index contributed by atoms with van der Waals surface area (Å²) < 4.78 is 15.6. The summed E-state index contributed by atoms with van der Waals surface area (Å²) >= 11 is 0. The van der Waals surface area contributed by atoms with Gasteiger partial charge in [-0.3, -0.25) is 0 Å². The molecule has 0 aliphatic carbocycles. The average Bonchev–Trinajstić information content (AvgIpc) is 3.10. The van der Waals surface area contributed by atoms with Gasteiger partial charge in [-0.1, -0.05) is 0 Å². The van der Waals surface area contributed by atoms with Crippen LogP contribution in [0.1, 0.15) is 18.1 Å². The smallest absolute Gasteiger partial charge is 0.314 e. The highest BCUT2D eigenvalue weighted by Gasteiger charge is 2.18. The molecule has 2 atom stereocenters. The fraction of sp³-hybridized carbons (Fsp3) is 0.562. The van der Waals surface area contributed by atoms with E-state index in [1.807, 2.05) is 0 Å². The number of hydrogen-bond acceptors (Lipinski definition) is 5. The maximum Gasteiger partial charge on any atom is 0.314 e. The summed E-state index contributed by atoms with van der Waals surface area (Å²) in [5.74, 6) is 1.53. The Hall–Kier alpha value is -1.99. The van der Waals surface area contributed by atoms with Crippen LogP contribution in [0, 0.1) is 5.92 Å². The molecule has 1 aliphatic rings. The number of hydrogen-bond donors (Lipinski definition) is 3. The van der Waals surface area contributed by atoms with Crippen molar-refractivity contribution in [2.24, 2.45) is 5.92 Å². The number of nitrogens with one attached hydrogen (secondary N) is 2. The maximum absolute atomic E-state index is 11.8. The lowest BCUT2D eigenvalue weighted by molar-refractivity contribution is 0.168. The van der Waals surface area contributed by atoms with Crippen LogP contribution in [0.25, 0.3) is 0 Å². The molecule has 0 saturated carbocycles. The number of rotatable bonds is 7. The number of aliphatic hydroxyl groups excluding tert-OH is 1. The van der Waals surface area contributed by atoms with Crippen LogP contribution in [0.2, 0.25) is 0 Å². The first-order valence-corrected chi connectivity index (χ1v) is 7.63. The number of carbonyl (C=O) groups is 1. The summed E-state index contributed by atoms with van der Waals surface area (Å²) in [4.78, 5) is 11.8. The van der Waals surface area contributed by atoms with Gasteiger partial charge in [0.25, 0.3) is 0 Å². The minimum atomic E-state index is -0.888. The Morgan fingerprint density at radius 3 is 2.87 bits per heavy atom. The number of ether oxygens (including phenoxy) is 3. The average molecular weight is 324 g/mol. The van der Waals surface area contributed by atoms with Crippen molar-refractivity contribution in [3.63, 3.8) is 0 Å². The molecule has 1 heterocycles. The van der Waals surface area contributed by atoms with Crippen molar-refractivity contribution >= 4 is 6.03 Å². The third-order valence-corrected chi connectivity index (χ3v) is 3.83. The number of aliphatic hydroxyl groups is 1.